The number of hydrogen-bond donors (Lipinski definition) is 1. The zero-order valence-electron chi connectivity index (χ0n) is 10.2. The summed E-state index contributed by atoms with van der Waals surface area (Å²) in [6.07, 6.45) is -4.52. The van der Waals surface area contributed by atoms with Gasteiger partial charge in [-0.3, -0.25) is 0 Å². The van der Waals surface area contributed by atoms with Gasteiger partial charge in [-0.1, -0.05) is 13.8 Å². The van der Waals surface area contributed by atoms with E-state index in [9.17, 15) is 13.2 Å². The van der Waals surface area contributed by atoms with E-state index in [0.717, 1.165) is 17.4 Å². The van der Waals surface area contributed by atoms with Gasteiger partial charge in [0.1, 0.15) is 15.8 Å². The summed E-state index contributed by atoms with van der Waals surface area (Å²) in [6.45, 7) is 3.52. The van der Waals surface area contributed by atoms with E-state index in [1.807, 2.05) is 0 Å². The second-order valence-electron chi connectivity index (χ2n) is 4.38. The summed E-state index contributed by atoms with van der Waals surface area (Å²) in [5, 5.41) is 8.69. The smallest absolute Gasteiger partial charge is 0.396 e. The van der Waals surface area contributed by atoms with E-state index in [1.54, 1.807) is 19.9 Å². The van der Waals surface area contributed by atoms with Crippen molar-refractivity contribution in [1.82, 2.24) is 4.98 Å². The number of anilines is 1. The number of pyridine rings is 1. The van der Waals surface area contributed by atoms with Crippen molar-refractivity contribution in [3.8, 4) is 6.07 Å². The van der Waals surface area contributed by atoms with E-state index in [2.05, 4.69) is 4.98 Å². The van der Waals surface area contributed by atoms with Crippen LogP contribution in [0.15, 0.2) is 6.07 Å². The molecule has 0 fully saturated rings. The summed E-state index contributed by atoms with van der Waals surface area (Å²) in [5.41, 5.74) is 5.00. The molecule has 0 atom stereocenters. The Morgan fingerprint density at radius 1 is 1.42 bits per heavy atom. The van der Waals surface area contributed by atoms with E-state index in [4.69, 9.17) is 11.0 Å². The molecule has 0 saturated heterocycles. The fourth-order valence-electron chi connectivity index (χ4n) is 1.74. The predicted molar refractivity (Wildman–Crippen MR) is 67.8 cm³/mol. The lowest BCUT2D eigenvalue weighted by Crippen LogP contribution is -2.08. The van der Waals surface area contributed by atoms with E-state index in [0.29, 0.717) is 5.69 Å². The molecule has 19 heavy (non-hydrogen) atoms. The summed E-state index contributed by atoms with van der Waals surface area (Å²) in [7, 11) is 0. The second-order valence-corrected chi connectivity index (χ2v) is 5.38. The lowest BCUT2D eigenvalue weighted by Gasteiger charge is -2.12. The molecule has 3 nitrogen and oxygen atoms in total. The number of halogens is 3. The number of fused-ring (bicyclic) bond motifs is 1. The van der Waals surface area contributed by atoms with Gasteiger partial charge in [-0.15, -0.1) is 11.3 Å². The second kappa shape index (κ2) is 4.38. The van der Waals surface area contributed by atoms with Crippen LogP contribution in [-0.2, 0) is 6.18 Å². The lowest BCUT2D eigenvalue weighted by atomic mass is 10.0. The van der Waals surface area contributed by atoms with Gasteiger partial charge in [0.05, 0.1) is 11.3 Å². The zero-order valence-corrected chi connectivity index (χ0v) is 11.0. The lowest BCUT2D eigenvalue weighted by molar-refractivity contribution is -0.136. The van der Waals surface area contributed by atoms with Gasteiger partial charge < -0.3 is 5.73 Å². The number of hydrogen-bond acceptors (Lipinski definition) is 4. The van der Waals surface area contributed by atoms with Crippen molar-refractivity contribution in [1.29, 1.82) is 5.26 Å². The van der Waals surface area contributed by atoms with Crippen molar-refractivity contribution in [2.45, 2.75) is 25.9 Å². The Hall–Kier alpha value is -1.81. The largest absolute Gasteiger partial charge is 0.417 e. The van der Waals surface area contributed by atoms with Crippen molar-refractivity contribution in [3.05, 3.63) is 22.2 Å². The van der Waals surface area contributed by atoms with Gasteiger partial charge in [0, 0.05) is 11.1 Å². The molecule has 2 heterocycles. The van der Waals surface area contributed by atoms with Gasteiger partial charge in [0.25, 0.3) is 0 Å². The number of aromatic nitrogens is 1. The normalized spacial score (nSPS) is 12.1. The molecule has 0 spiro atoms. The third-order valence-corrected chi connectivity index (χ3v) is 3.72. The third-order valence-electron chi connectivity index (χ3n) is 2.72. The van der Waals surface area contributed by atoms with E-state index in [-0.39, 0.29) is 26.7 Å². The highest BCUT2D eigenvalue weighted by Crippen LogP contribution is 2.42. The molecule has 100 valence electrons. The number of rotatable bonds is 1. The molecular weight excluding hydrogens is 275 g/mol. The van der Waals surface area contributed by atoms with Crippen LogP contribution in [0.3, 0.4) is 0 Å². The topological polar surface area (TPSA) is 62.7 Å². The molecule has 0 aromatic carbocycles. The van der Waals surface area contributed by atoms with Gasteiger partial charge >= 0.3 is 6.18 Å². The first kappa shape index (κ1) is 13.6. The molecule has 2 rings (SSSR count). The first-order valence-corrected chi connectivity index (χ1v) is 6.27. The molecule has 2 aromatic heterocycles. The first-order valence-electron chi connectivity index (χ1n) is 5.46. The highest BCUT2D eigenvalue weighted by atomic mass is 32.1. The molecule has 0 aliphatic carbocycles. The van der Waals surface area contributed by atoms with Crippen molar-refractivity contribution in [2.75, 3.05) is 5.73 Å². The van der Waals surface area contributed by atoms with Gasteiger partial charge in [-0.25, -0.2) is 4.98 Å². The van der Waals surface area contributed by atoms with Crippen LogP contribution in [0.4, 0.5) is 18.9 Å². The third kappa shape index (κ3) is 2.24. The van der Waals surface area contributed by atoms with Crippen LogP contribution < -0.4 is 5.73 Å². The highest BCUT2D eigenvalue weighted by molar-refractivity contribution is 7.19. The quantitative estimate of drug-likeness (QED) is 0.864. The summed E-state index contributed by atoms with van der Waals surface area (Å²) >= 11 is 0.889. The number of nitriles is 1. The Morgan fingerprint density at radius 2 is 2.05 bits per heavy atom. The molecule has 0 aliphatic heterocycles. The maximum atomic E-state index is 13.1. The molecule has 2 aromatic rings. The van der Waals surface area contributed by atoms with Crippen LogP contribution in [0, 0.1) is 11.3 Å². The zero-order chi connectivity index (χ0) is 14.4. The summed E-state index contributed by atoms with van der Waals surface area (Å²) in [5.74, 6) is -0.139. The fourth-order valence-corrected chi connectivity index (χ4v) is 2.67. The highest BCUT2D eigenvalue weighted by Gasteiger charge is 2.35. The minimum Gasteiger partial charge on any atom is -0.396 e. The van der Waals surface area contributed by atoms with Crippen LogP contribution in [0.2, 0.25) is 0 Å². The van der Waals surface area contributed by atoms with Gasteiger partial charge in [0.15, 0.2) is 0 Å². The monoisotopic (exact) mass is 285 g/mol. The van der Waals surface area contributed by atoms with Gasteiger partial charge in [0.2, 0.25) is 0 Å². The van der Waals surface area contributed by atoms with Crippen LogP contribution in [-0.4, -0.2) is 4.98 Å². The summed E-state index contributed by atoms with van der Waals surface area (Å²) in [4.78, 5) is 4.39. The minimum atomic E-state index is -4.52. The number of alkyl halides is 3. The molecule has 0 unspecified atom stereocenters. The van der Waals surface area contributed by atoms with E-state index < -0.39 is 11.7 Å². The maximum absolute atomic E-state index is 13.1. The molecule has 2 N–H and O–H groups in total. The first-order chi connectivity index (χ1) is 8.75. The Balaban J connectivity index is 2.90. The average molecular weight is 285 g/mol. The SMILES string of the molecule is CC(C)c1cc(C(F)(F)F)c2c(N)c(C#N)sc2n1. The van der Waals surface area contributed by atoms with E-state index >= 15 is 0 Å². The van der Waals surface area contributed by atoms with Crippen LogP contribution in [0.25, 0.3) is 10.2 Å². The van der Waals surface area contributed by atoms with Crippen molar-refractivity contribution in [3.63, 3.8) is 0 Å². The average Bonchev–Trinajstić information content (AvgIpc) is 2.63. The van der Waals surface area contributed by atoms with Gasteiger partial charge in [-0.2, -0.15) is 18.4 Å². The molecule has 7 heteroatoms. The molecule has 0 bridgehead atoms. The maximum Gasteiger partial charge on any atom is 0.417 e. The number of nitrogens with zero attached hydrogens (tertiary/aromatic N) is 2. The van der Waals surface area contributed by atoms with Crippen molar-refractivity contribution >= 4 is 27.2 Å². The molecule has 0 aliphatic rings. The number of nitrogens with two attached hydrogens (primary N) is 1. The number of nitrogen functional groups attached to an aromatic ring is 1. The molecule has 0 amide bonds. The Labute approximate surface area is 111 Å². The fraction of sp³-hybridized carbons (Fsp3) is 0.333. The van der Waals surface area contributed by atoms with Crippen molar-refractivity contribution < 1.29 is 13.2 Å². The van der Waals surface area contributed by atoms with Crippen LogP contribution >= 0.6 is 11.3 Å². The van der Waals surface area contributed by atoms with Crippen LogP contribution in [0.5, 0.6) is 0 Å². The molecule has 0 radical (unpaired) electrons. The Bertz CT molecular complexity index is 680. The standard InChI is InChI=1S/C12H10F3N3S/c1-5(2)7-3-6(12(13,14)15)9-10(17)8(4-16)19-11(9)18-7/h3,5H,17H2,1-2H3. The van der Waals surface area contributed by atoms with E-state index in [1.165, 1.54) is 0 Å². The summed E-state index contributed by atoms with van der Waals surface area (Å²) in [6, 6.07) is 2.81. The molecular formula is C12H10F3N3S. The van der Waals surface area contributed by atoms with Gasteiger partial charge in [-0.05, 0) is 12.0 Å². The van der Waals surface area contributed by atoms with Crippen molar-refractivity contribution in [2.24, 2.45) is 0 Å². The molecule has 0 saturated carbocycles. The van der Waals surface area contributed by atoms with Crippen LogP contribution in [0.1, 0.15) is 35.9 Å². The Kier molecular flexibility index (Phi) is 3.14. The Morgan fingerprint density at radius 3 is 2.53 bits per heavy atom. The minimum absolute atomic E-state index is 0.0638. The summed E-state index contributed by atoms with van der Waals surface area (Å²) < 4.78 is 39.3. The number of thiophene rings is 1. The predicted octanol–water partition coefficient (Wildman–Crippen LogP) is 3.89.